The zero-order valence-electron chi connectivity index (χ0n) is 11.3. The third-order valence-corrected chi connectivity index (χ3v) is 2.97. The second kappa shape index (κ2) is 7.45. The second-order valence-electron chi connectivity index (χ2n) is 4.04. The first-order valence-electron chi connectivity index (χ1n) is 6.63. The number of ether oxygens (including phenoxy) is 1. The lowest BCUT2D eigenvalue weighted by molar-refractivity contribution is 0.135. The van der Waals surface area contributed by atoms with E-state index >= 15 is 0 Å². The van der Waals surface area contributed by atoms with Gasteiger partial charge in [-0.2, -0.15) is 5.10 Å². The normalized spacial score (nSPS) is 11.1. The number of aromatic nitrogens is 2. The maximum Gasteiger partial charge on any atom is 0.0662 e. The van der Waals surface area contributed by atoms with Crippen LogP contribution in [0, 0.1) is 0 Å². The first-order valence-corrected chi connectivity index (χ1v) is 6.63. The van der Waals surface area contributed by atoms with Crippen molar-refractivity contribution in [2.75, 3.05) is 19.8 Å². The van der Waals surface area contributed by atoms with E-state index < -0.39 is 0 Å². The molecule has 0 atom stereocenters. The summed E-state index contributed by atoms with van der Waals surface area (Å²) in [4.78, 5) is 0. The highest BCUT2D eigenvalue weighted by Gasteiger charge is 2.14. The first kappa shape index (κ1) is 14.2. The highest BCUT2D eigenvalue weighted by atomic mass is 16.5. The fraction of sp³-hybridized carbons (Fsp3) is 0.769. The van der Waals surface area contributed by atoms with E-state index in [2.05, 4.69) is 23.6 Å². The number of rotatable bonds is 8. The van der Waals surface area contributed by atoms with Crippen molar-refractivity contribution < 1.29 is 4.74 Å². The Bertz CT molecular complexity index is 334. The van der Waals surface area contributed by atoms with Crippen molar-refractivity contribution in [3.63, 3.8) is 0 Å². The average Bonchev–Trinajstić information content (AvgIpc) is 2.67. The molecular weight excluding hydrogens is 214 g/mol. The van der Waals surface area contributed by atoms with Gasteiger partial charge in [0.05, 0.1) is 18.8 Å². The minimum atomic E-state index is 0.692. The van der Waals surface area contributed by atoms with E-state index in [-0.39, 0.29) is 0 Å². The van der Waals surface area contributed by atoms with Gasteiger partial charge >= 0.3 is 0 Å². The predicted octanol–water partition coefficient (Wildman–Crippen LogP) is 1.55. The molecule has 17 heavy (non-hydrogen) atoms. The van der Waals surface area contributed by atoms with Crippen LogP contribution in [0.15, 0.2) is 0 Å². The molecule has 0 unspecified atom stereocenters. The van der Waals surface area contributed by atoms with Crippen molar-refractivity contribution in [2.45, 2.75) is 46.6 Å². The number of nitrogens with zero attached hydrogens (tertiary/aromatic N) is 2. The van der Waals surface area contributed by atoms with E-state index in [1.54, 1.807) is 0 Å². The molecule has 0 amide bonds. The Hall–Kier alpha value is -0.870. The van der Waals surface area contributed by atoms with Crippen molar-refractivity contribution in [2.24, 2.45) is 5.73 Å². The van der Waals surface area contributed by atoms with Gasteiger partial charge in [0, 0.05) is 12.3 Å². The maximum absolute atomic E-state index is 5.68. The number of nitrogens with two attached hydrogens (primary N) is 1. The minimum absolute atomic E-state index is 0.692. The molecule has 1 aromatic heterocycles. The van der Waals surface area contributed by atoms with Crippen LogP contribution in [0.3, 0.4) is 0 Å². The molecule has 0 bridgehead atoms. The van der Waals surface area contributed by atoms with Crippen LogP contribution in [0.5, 0.6) is 0 Å². The smallest absolute Gasteiger partial charge is 0.0662 e. The summed E-state index contributed by atoms with van der Waals surface area (Å²) in [6.07, 6.45) is 2.92. The summed E-state index contributed by atoms with van der Waals surface area (Å²) in [5, 5.41) is 4.67. The van der Waals surface area contributed by atoms with Gasteiger partial charge in [-0.1, -0.05) is 13.8 Å². The molecule has 0 aliphatic rings. The van der Waals surface area contributed by atoms with Crippen molar-refractivity contribution in [3.05, 3.63) is 17.0 Å². The van der Waals surface area contributed by atoms with E-state index in [1.165, 1.54) is 17.0 Å². The molecule has 0 fully saturated rings. The molecule has 0 radical (unpaired) electrons. The van der Waals surface area contributed by atoms with Crippen molar-refractivity contribution >= 4 is 0 Å². The minimum Gasteiger partial charge on any atom is -0.380 e. The van der Waals surface area contributed by atoms with Gasteiger partial charge in [-0.05, 0) is 38.3 Å². The van der Waals surface area contributed by atoms with Gasteiger partial charge in [0.15, 0.2) is 0 Å². The fourth-order valence-electron chi connectivity index (χ4n) is 2.18. The lowest BCUT2D eigenvalue weighted by Crippen LogP contribution is -2.11. The summed E-state index contributed by atoms with van der Waals surface area (Å²) in [7, 11) is 0. The van der Waals surface area contributed by atoms with Crippen LogP contribution < -0.4 is 5.73 Å². The van der Waals surface area contributed by atoms with Gasteiger partial charge in [0.1, 0.15) is 0 Å². The lowest BCUT2D eigenvalue weighted by Gasteiger charge is -2.07. The largest absolute Gasteiger partial charge is 0.380 e. The number of aryl methyl sites for hydroxylation is 1. The highest BCUT2D eigenvalue weighted by molar-refractivity contribution is 5.27. The summed E-state index contributed by atoms with van der Waals surface area (Å²) < 4.78 is 7.49. The SMILES string of the molecule is CCOCCn1nc(CC)c(CCN)c1CC. The topological polar surface area (TPSA) is 53.1 Å². The van der Waals surface area contributed by atoms with Crippen LogP contribution in [0.2, 0.25) is 0 Å². The third kappa shape index (κ3) is 3.54. The Kier molecular flexibility index (Phi) is 6.22. The zero-order chi connectivity index (χ0) is 12.7. The van der Waals surface area contributed by atoms with Crippen LogP contribution in [0.25, 0.3) is 0 Å². The predicted molar refractivity (Wildman–Crippen MR) is 70.2 cm³/mol. The molecule has 0 aromatic carbocycles. The molecule has 4 nitrogen and oxygen atoms in total. The van der Waals surface area contributed by atoms with Crippen molar-refractivity contribution in [1.82, 2.24) is 9.78 Å². The summed E-state index contributed by atoms with van der Waals surface area (Å²) >= 11 is 0. The standard InChI is InChI=1S/C13H25N3O/c1-4-12-11(7-8-14)13(5-2)16(15-12)9-10-17-6-3/h4-10,14H2,1-3H3. The van der Waals surface area contributed by atoms with Crippen LogP contribution in [0.4, 0.5) is 0 Å². The van der Waals surface area contributed by atoms with Gasteiger partial charge in [0.2, 0.25) is 0 Å². The molecule has 1 rings (SSSR count). The molecule has 0 aliphatic carbocycles. The van der Waals surface area contributed by atoms with E-state index in [0.717, 1.165) is 39.0 Å². The Labute approximate surface area is 104 Å². The quantitative estimate of drug-likeness (QED) is 0.700. The number of hydrogen-bond donors (Lipinski definition) is 1. The van der Waals surface area contributed by atoms with E-state index in [1.807, 2.05) is 6.92 Å². The molecule has 4 heteroatoms. The third-order valence-electron chi connectivity index (χ3n) is 2.97. The molecule has 0 aliphatic heterocycles. The summed E-state index contributed by atoms with van der Waals surface area (Å²) in [5.74, 6) is 0. The second-order valence-corrected chi connectivity index (χ2v) is 4.04. The Morgan fingerprint density at radius 3 is 2.53 bits per heavy atom. The van der Waals surface area contributed by atoms with Gasteiger partial charge in [-0.25, -0.2) is 0 Å². The molecule has 0 spiro atoms. The molecule has 0 saturated heterocycles. The van der Waals surface area contributed by atoms with Gasteiger partial charge in [-0.3, -0.25) is 4.68 Å². The van der Waals surface area contributed by atoms with E-state index in [4.69, 9.17) is 10.5 Å². The Morgan fingerprint density at radius 1 is 1.24 bits per heavy atom. The molecule has 1 heterocycles. The Balaban J connectivity index is 2.87. The molecule has 2 N–H and O–H groups in total. The first-order chi connectivity index (χ1) is 8.28. The fourth-order valence-corrected chi connectivity index (χ4v) is 2.18. The maximum atomic E-state index is 5.68. The highest BCUT2D eigenvalue weighted by Crippen LogP contribution is 2.16. The number of hydrogen-bond acceptors (Lipinski definition) is 3. The van der Waals surface area contributed by atoms with Gasteiger partial charge in [-0.15, -0.1) is 0 Å². The van der Waals surface area contributed by atoms with Crippen LogP contribution in [-0.2, 0) is 30.5 Å². The molecular formula is C13H25N3O. The van der Waals surface area contributed by atoms with E-state index in [0.29, 0.717) is 6.54 Å². The van der Waals surface area contributed by atoms with Gasteiger partial charge < -0.3 is 10.5 Å². The van der Waals surface area contributed by atoms with Crippen LogP contribution >= 0.6 is 0 Å². The lowest BCUT2D eigenvalue weighted by atomic mass is 10.1. The average molecular weight is 239 g/mol. The monoisotopic (exact) mass is 239 g/mol. The molecule has 1 aromatic rings. The van der Waals surface area contributed by atoms with Crippen molar-refractivity contribution in [1.29, 1.82) is 0 Å². The van der Waals surface area contributed by atoms with Crippen LogP contribution in [0.1, 0.15) is 37.7 Å². The summed E-state index contributed by atoms with van der Waals surface area (Å²) in [6.45, 7) is 9.37. The van der Waals surface area contributed by atoms with E-state index in [9.17, 15) is 0 Å². The summed E-state index contributed by atoms with van der Waals surface area (Å²) in [6, 6.07) is 0. The molecule has 0 saturated carbocycles. The summed E-state index contributed by atoms with van der Waals surface area (Å²) in [5.41, 5.74) is 9.56. The molecule has 98 valence electrons. The van der Waals surface area contributed by atoms with Crippen LogP contribution in [-0.4, -0.2) is 29.5 Å². The Morgan fingerprint density at radius 2 is 2.00 bits per heavy atom. The van der Waals surface area contributed by atoms with Crippen molar-refractivity contribution in [3.8, 4) is 0 Å². The zero-order valence-corrected chi connectivity index (χ0v) is 11.3. The van der Waals surface area contributed by atoms with Gasteiger partial charge in [0.25, 0.3) is 0 Å².